The van der Waals surface area contributed by atoms with E-state index in [0.29, 0.717) is 17.7 Å². The molecular formula is C17H32N2O. The topological polar surface area (TPSA) is 32.3 Å². The van der Waals surface area contributed by atoms with Crippen molar-refractivity contribution in [2.24, 2.45) is 11.8 Å². The van der Waals surface area contributed by atoms with Gasteiger partial charge in [0.05, 0.1) is 0 Å². The van der Waals surface area contributed by atoms with E-state index in [9.17, 15) is 4.79 Å². The lowest BCUT2D eigenvalue weighted by Crippen LogP contribution is -2.43. The van der Waals surface area contributed by atoms with Crippen LogP contribution < -0.4 is 5.32 Å². The number of hydrogen-bond donors (Lipinski definition) is 1. The number of rotatable bonds is 5. The summed E-state index contributed by atoms with van der Waals surface area (Å²) in [6.07, 6.45) is 11.0. The third-order valence-corrected chi connectivity index (χ3v) is 4.89. The normalized spacial score (nSPS) is 25.1. The molecule has 1 atom stereocenters. The fourth-order valence-electron chi connectivity index (χ4n) is 3.74. The Labute approximate surface area is 124 Å². The molecular weight excluding hydrogens is 248 g/mol. The Morgan fingerprint density at radius 1 is 1.10 bits per heavy atom. The molecule has 1 N–H and O–H groups in total. The van der Waals surface area contributed by atoms with E-state index in [1.807, 2.05) is 0 Å². The van der Waals surface area contributed by atoms with Gasteiger partial charge < -0.3 is 10.2 Å². The van der Waals surface area contributed by atoms with E-state index in [1.165, 1.54) is 38.5 Å². The minimum atomic E-state index is 0.320. The molecule has 116 valence electrons. The first-order chi connectivity index (χ1) is 9.81. The van der Waals surface area contributed by atoms with Gasteiger partial charge in [0, 0.05) is 19.0 Å². The van der Waals surface area contributed by atoms with Gasteiger partial charge in [0.15, 0.2) is 0 Å². The molecule has 1 aliphatic heterocycles. The lowest BCUT2D eigenvalue weighted by Gasteiger charge is -2.32. The highest BCUT2D eigenvalue weighted by atomic mass is 16.2. The number of amides is 1. The van der Waals surface area contributed by atoms with Gasteiger partial charge in [-0.15, -0.1) is 0 Å². The maximum absolute atomic E-state index is 12.8. The predicted molar refractivity (Wildman–Crippen MR) is 83.7 cm³/mol. The fraction of sp³-hybridized carbons (Fsp3) is 0.941. The van der Waals surface area contributed by atoms with Gasteiger partial charge in [-0.1, -0.05) is 32.6 Å². The number of nitrogens with one attached hydrogen (secondary N) is 1. The maximum Gasteiger partial charge on any atom is 0.225 e. The first kappa shape index (κ1) is 15.8. The van der Waals surface area contributed by atoms with Gasteiger partial charge in [-0.05, 0) is 51.1 Å². The minimum absolute atomic E-state index is 0.320. The van der Waals surface area contributed by atoms with Gasteiger partial charge in [-0.3, -0.25) is 4.79 Å². The number of nitrogens with zero attached hydrogens (tertiary/aromatic N) is 1. The van der Waals surface area contributed by atoms with Gasteiger partial charge in [-0.25, -0.2) is 0 Å². The van der Waals surface area contributed by atoms with E-state index < -0.39 is 0 Å². The molecule has 3 heteroatoms. The van der Waals surface area contributed by atoms with Crippen LogP contribution in [0.3, 0.4) is 0 Å². The van der Waals surface area contributed by atoms with Gasteiger partial charge in [0.1, 0.15) is 0 Å². The zero-order chi connectivity index (χ0) is 14.2. The van der Waals surface area contributed by atoms with Crippen molar-refractivity contribution in [3.05, 3.63) is 0 Å². The summed E-state index contributed by atoms with van der Waals surface area (Å²) < 4.78 is 0. The van der Waals surface area contributed by atoms with Crippen molar-refractivity contribution in [2.45, 2.75) is 64.7 Å². The third-order valence-electron chi connectivity index (χ3n) is 4.89. The summed E-state index contributed by atoms with van der Waals surface area (Å²) in [5.41, 5.74) is 0. The van der Waals surface area contributed by atoms with E-state index >= 15 is 0 Å². The van der Waals surface area contributed by atoms with Crippen molar-refractivity contribution in [3.63, 3.8) is 0 Å². The average Bonchev–Trinajstić information content (AvgIpc) is 2.76. The Kier molecular flexibility index (Phi) is 6.85. The smallest absolute Gasteiger partial charge is 0.225 e. The molecule has 1 amide bonds. The lowest BCUT2D eigenvalue weighted by molar-refractivity contribution is -0.136. The van der Waals surface area contributed by atoms with E-state index in [2.05, 4.69) is 17.1 Å². The molecule has 1 aliphatic carbocycles. The Hall–Kier alpha value is -0.570. The summed E-state index contributed by atoms with van der Waals surface area (Å²) in [6.45, 7) is 6.37. The second kappa shape index (κ2) is 8.66. The van der Waals surface area contributed by atoms with Crippen molar-refractivity contribution >= 4 is 5.91 Å². The molecule has 0 aromatic carbocycles. The van der Waals surface area contributed by atoms with Crippen LogP contribution in [0.25, 0.3) is 0 Å². The van der Waals surface area contributed by atoms with Crippen LogP contribution in [0.4, 0.5) is 0 Å². The lowest BCUT2D eigenvalue weighted by atomic mass is 9.95. The Balaban J connectivity index is 1.89. The number of piperidine rings is 1. The second-order valence-electron chi connectivity index (χ2n) is 6.69. The van der Waals surface area contributed by atoms with E-state index in [4.69, 9.17) is 0 Å². The van der Waals surface area contributed by atoms with Gasteiger partial charge >= 0.3 is 0 Å². The summed E-state index contributed by atoms with van der Waals surface area (Å²) in [5, 5.41) is 3.47. The van der Waals surface area contributed by atoms with Gasteiger partial charge in [-0.2, -0.15) is 0 Å². The van der Waals surface area contributed by atoms with Crippen molar-refractivity contribution in [2.75, 3.05) is 26.2 Å². The molecule has 1 saturated heterocycles. The number of carbonyl (C=O) groups excluding carboxylic acids is 1. The first-order valence-electron chi connectivity index (χ1n) is 8.80. The standard InChI is InChI=1S/C17H32N2O/c1-2-12-19(14-15-8-7-11-18-13-15)17(20)16-9-5-3-4-6-10-16/h15-16,18H,2-14H2,1H3. The monoisotopic (exact) mass is 280 g/mol. The van der Waals surface area contributed by atoms with Crippen LogP contribution in [0.5, 0.6) is 0 Å². The predicted octanol–water partition coefficient (Wildman–Crippen LogP) is 3.20. The first-order valence-corrected chi connectivity index (χ1v) is 8.80. The zero-order valence-corrected chi connectivity index (χ0v) is 13.2. The van der Waals surface area contributed by atoms with Crippen LogP contribution in [0, 0.1) is 11.8 Å². The van der Waals surface area contributed by atoms with Crippen LogP contribution in [0.1, 0.15) is 64.7 Å². The van der Waals surface area contributed by atoms with Crippen molar-refractivity contribution in [3.8, 4) is 0 Å². The van der Waals surface area contributed by atoms with E-state index in [-0.39, 0.29) is 0 Å². The molecule has 0 spiro atoms. The van der Waals surface area contributed by atoms with Crippen LogP contribution >= 0.6 is 0 Å². The molecule has 1 saturated carbocycles. The van der Waals surface area contributed by atoms with Gasteiger partial charge in [0.25, 0.3) is 0 Å². The highest BCUT2D eigenvalue weighted by Crippen LogP contribution is 2.25. The van der Waals surface area contributed by atoms with E-state index in [1.54, 1.807) is 0 Å². The SMILES string of the molecule is CCCN(CC1CCCNC1)C(=O)C1CCCCCC1. The molecule has 2 fully saturated rings. The van der Waals surface area contributed by atoms with Crippen molar-refractivity contribution in [1.82, 2.24) is 10.2 Å². The summed E-state index contributed by atoms with van der Waals surface area (Å²) >= 11 is 0. The molecule has 0 radical (unpaired) electrons. The molecule has 1 heterocycles. The summed E-state index contributed by atoms with van der Waals surface area (Å²) in [6, 6.07) is 0. The van der Waals surface area contributed by atoms with Gasteiger partial charge in [0.2, 0.25) is 5.91 Å². The molecule has 20 heavy (non-hydrogen) atoms. The molecule has 2 rings (SSSR count). The number of carbonyl (C=O) groups is 1. The fourth-order valence-corrected chi connectivity index (χ4v) is 3.74. The van der Waals surface area contributed by atoms with Crippen LogP contribution in [-0.4, -0.2) is 37.0 Å². The second-order valence-corrected chi connectivity index (χ2v) is 6.69. The quantitative estimate of drug-likeness (QED) is 0.784. The Morgan fingerprint density at radius 2 is 1.85 bits per heavy atom. The molecule has 3 nitrogen and oxygen atoms in total. The average molecular weight is 280 g/mol. The molecule has 0 aromatic rings. The number of hydrogen-bond acceptors (Lipinski definition) is 2. The maximum atomic E-state index is 12.8. The van der Waals surface area contributed by atoms with E-state index in [0.717, 1.165) is 45.4 Å². The molecule has 0 bridgehead atoms. The highest BCUT2D eigenvalue weighted by Gasteiger charge is 2.26. The molecule has 2 aliphatic rings. The Morgan fingerprint density at radius 3 is 2.45 bits per heavy atom. The summed E-state index contributed by atoms with van der Waals surface area (Å²) in [5.74, 6) is 1.45. The van der Waals surface area contributed by atoms with Crippen LogP contribution in [-0.2, 0) is 4.79 Å². The van der Waals surface area contributed by atoms with Crippen molar-refractivity contribution < 1.29 is 4.79 Å². The third kappa shape index (κ3) is 4.76. The molecule has 1 unspecified atom stereocenters. The zero-order valence-electron chi connectivity index (χ0n) is 13.2. The highest BCUT2D eigenvalue weighted by molar-refractivity contribution is 5.78. The van der Waals surface area contributed by atoms with Crippen LogP contribution in [0.2, 0.25) is 0 Å². The Bertz CT molecular complexity index is 279. The largest absolute Gasteiger partial charge is 0.342 e. The van der Waals surface area contributed by atoms with Crippen molar-refractivity contribution in [1.29, 1.82) is 0 Å². The van der Waals surface area contributed by atoms with Crippen LogP contribution in [0.15, 0.2) is 0 Å². The summed E-state index contributed by atoms with van der Waals surface area (Å²) in [4.78, 5) is 15.0. The molecule has 0 aromatic heterocycles. The minimum Gasteiger partial charge on any atom is -0.342 e. The summed E-state index contributed by atoms with van der Waals surface area (Å²) in [7, 11) is 0.